The average molecular weight is 197 g/mol. The first kappa shape index (κ1) is 10.8. The zero-order chi connectivity index (χ0) is 9.73. The first-order chi connectivity index (χ1) is 6.08. The van der Waals surface area contributed by atoms with Crippen molar-refractivity contribution in [3.05, 3.63) is 0 Å². The summed E-state index contributed by atoms with van der Waals surface area (Å²) in [7, 11) is 0. The molecule has 0 bridgehead atoms. The van der Waals surface area contributed by atoms with E-state index >= 15 is 0 Å². The second-order valence-electron chi connectivity index (χ2n) is 3.34. The third kappa shape index (κ3) is 5.10. The van der Waals surface area contributed by atoms with Crippen molar-refractivity contribution < 1.29 is 17.9 Å². The molecule has 0 saturated carbocycles. The molecule has 2 nitrogen and oxygen atoms in total. The third-order valence-corrected chi connectivity index (χ3v) is 2.02. The molecule has 1 aliphatic rings. The van der Waals surface area contributed by atoms with Crippen LogP contribution in [0.2, 0.25) is 0 Å². The molecule has 5 heteroatoms. The Bertz CT molecular complexity index is 143. The maximum Gasteiger partial charge on any atom is 0.411 e. The van der Waals surface area contributed by atoms with Crippen LogP contribution in [0.25, 0.3) is 0 Å². The van der Waals surface area contributed by atoms with E-state index in [-0.39, 0.29) is 12.5 Å². The Morgan fingerprint density at radius 2 is 2.15 bits per heavy atom. The largest absolute Gasteiger partial charge is 0.411 e. The molecule has 1 N–H and O–H groups in total. The molecule has 0 unspecified atom stereocenters. The van der Waals surface area contributed by atoms with Gasteiger partial charge in [0.1, 0.15) is 6.61 Å². The summed E-state index contributed by atoms with van der Waals surface area (Å²) in [6.45, 7) is 0.837. The summed E-state index contributed by atoms with van der Waals surface area (Å²) in [5.74, 6) is 0.246. The minimum atomic E-state index is -4.19. The number of alkyl halides is 3. The fourth-order valence-corrected chi connectivity index (χ4v) is 1.41. The summed E-state index contributed by atoms with van der Waals surface area (Å²) in [5, 5.41) is 3.12. The average Bonchev–Trinajstić information content (AvgIpc) is 2.04. The molecule has 0 radical (unpaired) electrons. The number of hydrogen-bond donors (Lipinski definition) is 1. The van der Waals surface area contributed by atoms with Gasteiger partial charge < -0.3 is 10.1 Å². The van der Waals surface area contributed by atoms with Crippen LogP contribution in [0.3, 0.4) is 0 Å². The zero-order valence-electron chi connectivity index (χ0n) is 7.36. The van der Waals surface area contributed by atoms with E-state index in [0.29, 0.717) is 0 Å². The Labute approximate surface area is 75.4 Å². The van der Waals surface area contributed by atoms with Gasteiger partial charge in [-0.15, -0.1) is 0 Å². The standard InChI is InChI=1S/C8H14F3NO/c9-8(10,11)6-13-5-7-2-1-3-12-4-7/h7,12H,1-6H2/t7-/m1/s1. The molecule has 78 valence electrons. The molecule has 0 spiro atoms. The van der Waals surface area contributed by atoms with E-state index in [1.807, 2.05) is 0 Å². The molecule has 0 aromatic heterocycles. The fraction of sp³-hybridized carbons (Fsp3) is 1.00. The van der Waals surface area contributed by atoms with Crippen molar-refractivity contribution in [1.29, 1.82) is 0 Å². The highest BCUT2D eigenvalue weighted by atomic mass is 19.4. The summed E-state index contributed by atoms with van der Waals surface area (Å²) >= 11 is 0. The summed E-state index contributed by atoms with van der Waals surface area (Å²) in [6, 6.07) is 0. The van der Waals surface area contributed by atoms with Crippen molar-refractivity contribution >= 4 is 0 Å². The van der Waals surface area contributed by atoms with Crippen molar-refractivity contribution in [2.45, 2.75) is 19.0 Å². The first-order valence-corrected chi connectivity index (χ1v) is 4.43. The van der Waals surface area contributed by atoms with Crippen LogP contribution in [-0.2, 0) is 4.74 Å². The smallest absolute Gasteiger partial charge is 0.372 e. The molecule has 1 atom stereocenters. The molecule has 0 aliphatic carbocycles. The quantitative estimate of drug-likeness (QED) is 0.741. The van der Waals surface area contributed by atoms with Gasteiger partial charge in [-0.05, 0) is 25.3 Å². The summed E-state index contributed by atoms with van der Waals surface area (Å²) in [4.78, 5) is 0. The first-order valence-electron chi connectivity index (χ1n) is 4.43. The maximum absolute atomic E-state index is 11.7. The van der Waals surface area contributed by atoms with E-state index in [9.17, 15) is 13.2 Å². The van der Waals surface area contributed by atoms with E-state index in [4.69, 9.17) is 0 Å². The SMILES string of the molecule is FC(F)(F)COC[C@@H]1CCCNC1. The van der Waals surface area contributed by atoms with Gasteiger partial charge in [-0.2, -0.15) is 13.2 Å². The van der Waals surface area contributed by atoms with Gasteiger partial charge >= 0.3 is 6.18 Å². The van der Waals surface area contributed by atoms with Crippen LogP contribution >= 0.6 is 0 Å². The lowest BCUT2D eigenvalue weighted by Crippen LogP contribution is -2.33. The Balaban J connectivity index is 2.04. The number of ether oxygens (including phenoxy) is 1. The molecule has 1 saturated heterocycles. The minimum absolute atomic E-state index is 0.215. The highest BCUT2D eigenvalue weighted by Gasteiger charge is 2.28. The molecule has 1 aliphatic heterocycles. The maximum atomic E-state index is 11.7. The number of halogens is 3. The van der Waals surface area contributed by atoms with E-state index in [0.717, 1.165) is 25.9 Å². The van der Waals surface area contributed by atoms with Gasteiger partial charge in [0.15, 0.2) is 0 Å². The molecule has 1 heterocycles. The van der Waals surface area contributed by atoms with Gasteiger partial charge in [-0.3, -0.25) is 0 Å². The van der Waals surface area contributed by atoms with E-state index < -0.39 is 12.8 Å². The molecular formula is C8H14F3NO. The Hall–Kier alpha value is -0.290. The van der Waals surface area contributed by atoms with Crippen LogP contribution in [0, 0.1) is 5.92 Å². The van der Waals surface area contributed by atoms with Gasteiger partial charge in [0.2, 0.25) is 0 Å². The van der Waals surface area contributed by atoms with Gasteiger partial charge in [0.25, 0.3) is 0 Å². The predicted molar refractivity (Wildman–Crippen MR) is 42.5 cm³/mol. The summed E-state index contributed by atoms with van der Waals surface area (Å²) in [5.41, 5.74) is 0. The summed E-state index contributed by atoms with van der Waals surface area (Å²) in [6.07, 6.45) is -2.20. The van der Waals surface area contributed by atoms with E-state index in [1.165, 1.54) is 0 Å². The molecular weight excluding hydrogens is 183 g/mol. The van der Waals surface area contributed by atoms with Gasteiger partial charge in [-0.1, -0.05) is 0 Å². The normalized spacial score (nSPS) is 24.7. The second kappa shape index (κ2) is 4.81. The van der Waals surface area contributed by atoms with Crippen molar-refractivity contribution in [3.63, 3.8) is 0 Å². The molecule has 0 amide bonds. The van der Waals surface area contributed by atoms with E-state index in [1.54, 1.807) is 0 Å². The van der Waals surface area contributed by atoms with E-state index in [2.05, 4.69) is 10.1 Å². The molecule has 1 rings (SSSR count). The highest BCUT2D eigenvalue weighted by Crippen LogP contribution is 2.16. The van der Waals surface area contributed by atoms with Gasteiger partial charge in [0, 0.05) is 6.54 Å². The zero-order valence-corrected chi connectivity index (χ0v) is 7.36. The van der Waals surface area contributed by atoms with Crippen molar-refractivity contribution in [2.24, 2.45) is 5.92 Å². The van der Waals surface area contributed by atoms with Crippen LogP contribution in [-0.4, -0.2) is 32.5 Å². The van der Waals surface area contributed by atoms with Crippen molar-refractivity contribution in [2.75, 3.05) is 26.3 Å². The van der Waals surface area contributed by atoms with Crippen LogP contribution in [0.5, 0.6) is 0 Å². The topological polar surface area (TPSA) is 21.3 Å². The Kier molecular flexibility index (Phi) is 3.99. The van der Waals surface area contributed by atoms with Crippen LogP contribution in [0.4, 0.5) is 13.2 Å². The lowest BCUT2D eigenvalue weighted by atomic mass is 10.0. The lowest BCUT2D eigenvalue weighted by molar-refractivity contribution is -0.176. The second-order valence-corrected chi connectivity index (χ2v) is 3.34. The highest BCUT2D eigenvalue weighted by molar-refractivity contribution is 4.68. The van der Waals surface area contributed by atoms with Gasteiger partial charge in [-0.25, -0.2) is 0 Å². The monoisotopic (exact) mass is 197 g/mol. The van der Waals surface area contributed by atoms with Crippen LogP contribution < -0.4 is 5.32 Å². The lowest BCUT2D eigenvalue weighted by Gasteiger charge is -2.22. The van der Waals surface area contributed by atoms with Crippen molar-refractivity contribution in [1.82, 2.24) is 5.32 Å². The van der Waals surface area contributed by atoms with Crippen LogP contribution in [0.1, 0.15) is 12.8 Å². The number of hydrogen-bond acceptors (Lipinski definition) is 2. The molecule has 0 aromatic rings. The molecule has 13 heavy (non-hydrogen) atoms. The van der Waals surface area contributed by atoms with Crippen molar-refractivity contribution in [3.8, 4) is 0 Å². The van der Waals surface area contributed by atoms with Crippen LogP contribution in [0.15, 0.2) is 0 Å². The third-order valence-electron chi connectivity index (χ3n) is 2.02. The number of nitrogens with one attached hydrogen (secondary N) is 1. The Morgan fingerprint density at radius 1 is 1.38 bits per heavy atom. The van der Waals surface area contributed by atoms with Gasteiger partial charge in [0.05, 0.1) is 6.61 Å². The molecule has 1 fully saturated rings. The fourth-order valence-electron chi connectivity index (χ4n) is 1.41. The number of rotatable bonds is 3. The minimum Gasteiger partial charge on any atom is -0.372 e. The number of piperidine rings is 1. The molecule has 0 aromatic carbocycles. The predicted octanol–water partition coefficient (Wildman–Crippen LogP) is 1.56. The summed E-state index contributed by atoms with van der Waals surface area (Å²) < 4.78 is 39.6. The Morgan fingerprint density at radius 3 is 2.69 bits per heavy atom.